The predicted molar refractivity (Wildman–Crippen MR) is 55.3 cm³/mol. The van der Waals surface area contributed by atoms with Crippen LogP contribution in [0.3, 0.4) is 0 Å². The molecule has 80 valence electrons. The van der Waals surface area contributed by atoms with Crippen molar-refractivity contribution in [2.24, 2.45) is 0 Å². The molecule has 6 heteroatoms. The lowest BCUT2D eigenvalue weighted by Crippen LogP contribution is -3.00. The van der Waals surface area contributed by atoms with E-state index in [1.165, 1.54) is 12.1 Å². The van der Waals surface area contributed by atoms with E-state index in [9.17, 15) is 10.1 Å². The van der Waals surface area contributed by atoms with Gasteiger partial charge in [-0.3, -0.25) is 10.1 Å². The van der Waals surface area contributed by atoms with Crippen molar-refractivity contribution in [2.75, 3.05) is 0 Å². The van der Waals surface area contributed by atoms with Crippen LogP contribution >= 0.6 is 0 Å². The first-order chi connectivity index (χ1) is 7.24. The van der Waals surface area contributed by atoms with Gasteiger partial charge < -0.3 is 12.4 Å². The van der Waals surface area contributed by atoms with Crippen molar-refractivity contribution in [1.29, 1.82) is 5.39 Å². The van der Waals surface area contributed by atoms with Gasteiger partial charge in [-0.25, -0.2) is 0 Å². The molecular formula is C10H6ClN3O2. The Morgan fingerprint density at radius 3 is 2.31 bits per heavy atom. The summed E-state index contributed by atoms with van der Waals surface area (Å²) in [4.78, 5) is 13.3. The van der Waals surface area contributed by atoms with Gasteiger partial charge in [0.15, 0.2) is 4.98 Å². The van der Waals surface area contributed by atoms with E-state index >= 15 is 0 Å². The number of benzene rings is 2. The number of diazo groups is 1. The number of halogens is 1. The summed E-state index contributed by atoms with van der Waals surface area (Å²) >= 11 is 0. The molecule has 0 spiro atoms. The molecule has 0 unspecified atom stereocenters. The summed E-state index contributed by atoms with van der Waals surface area (Å²) < 4.78 is 0. The SMILES string of the molecule is N#[N+]c1ccc([N+](=O)[O-])c2ccccc12.[Cl-]. The number of non-ortho nitro benzene ring substituents is 1. The average molecular weight is 236 g/mol. The highest BCUT2D eigenvalue weighted by Crippen LogP contribution is 2.32. The van der Waals surface area contributed by atoms with Gasteiger partial charge in [-0.1, -0.05) is 12.1 Å². The van der Waals surface area contributed by atoms with Crippen LogP contribution in [0.4, 0.5) is 11.4 Å². The van der Waals surface area contributed by atoms with Gasteiger partial charge in [0.1, 0.15) is 0 Å². The van der Waals surface area contributed by atoms with Crippen molar-refractivity contribution in [3.63, 3.8) is 0 Å². The molecule has 0 saturated heterocycles. The fourth-order valence-electron chi connectivity index (χ4n) is 1.51. The summed E-state index contributed by atoms with van der Waals surface area (Å²) in [6.07, 6.45) is 0. The van der Waals surface area contributed by atoms with Gasteiger partial charge in [0, 0.05) is 12.1 Å². The second-order valence-electron chi connectivity index (χ2n) is 3.01. The fraction of sp³-hybridized carbons (Fsp3) is 0. The Morgan fingerprint density at radius 1 is 1.12 bits per heavy atom. The lowest BCUT2D eigenvalue weighted by Gasteiger charge is -1.95. The number of fused-ring (bicyclic) bond motifs is 1. The molecule has 0 N–H and O–H groups in total. The molecule has 0 amide bonds. The molecule has 0 aliphatic rings. The molecule has 16 heavy (non-hydrogen) atoms. The Bertz CT molecular complexity index is 592. The maximum absolute atomic E-state index is 10.7. The van der Waals surface area contributed by atoms with E-state index in [1.807, 2.05) is 0 Å². The van der Waals surface area contributed by atoms with Crippen LogP contribution in [0.25, 0.3) is 15.7 Å². The monoisotopic (exact) mass is 235 g/mol. The molecule has 0 fully saturated rings. The minimum absolute atomic E-state index is 0. The zero-order chi connectivity index (χ0) is 10.8. The number of nitro benzene ring substituents is 1. The van der Waals surface area contributed by atoms with E-state index < -0.39 is 4.92 Å². The third kappa shape index (κ3) is 1.78. The van der Waals surface area contributed by atoms with Crippen LogP contribution < -0.4 is 12.4 Å². The first kappa shape index (κ1) is 11.9. The molecule has 0 aliphatic carbocycles. The quantitative estimate of drug-likeness (QED) is 0.404. The second kappa shape index (κ2) is 4.55. The number of hydrogen-bond donors (Lipinski definition) is 0. The van der Waals surface area contributed by atoms with Crippen LogP contribution in [0.15, 0.2) is 36.4 Å². The fourth-order valence-corrected chi connectivity index (χ4v) is 1.51. The van der Waals surface area contributed by atoms with Gasteiger partial charge in [-0.15, -0.1) is 0 Å². The smallest absolute Gasteiger partial charge is 0.393 e. The molecule has 0 bridgehead atoms. The summed E-state index contributed by atoms with van der Waals surface area (Å²) in [5.41, 5.74) is 0.342. The van der Waals surface area contributed by atoms with Crippen molar-refractivity contribution < 1.29 is 17.3 Å². The molecule has 0 aromatic heterocycles. The lowest BCUT2D eigenvalue weighted by atomic mass is 10.1. The normalized spacial score (nSPS) is 9.19. The first-order valence-electron chi connectivity index (χ1n) is 4.25. The zero-order valence-electron chi connectivity index (χ0n) is 8.00. The van der Waals surface area contributed by atoms with Crippen LogP contribution in [-0.4, -0.2) is 4.92 Å². The average Bonchev–Trinajstić information content (AvgIpc) is 2.27. The van der Waals surface area contributed by atoms with Gasteiger partial charge >= 0.3 is 5.69 Å². The summed E-state index contributed by atoms with van der Waals surface area (Å²) in [7, 11) is 0. The minimum Gasteiger partial charge on any atom is -1.00 e. The predicted octanol–water partition coefficient (Wildman–Crippen LogP) is 0.237. The van der Waals surface area contributed by atoms with E-state index in [4.69, 9.17) is 5.39 Å². The van der Waals surface area contributed by atoms with Crippen LogP contribution in [0.5, 0.6) is 0 Å². The van der Waals surface area contributed by atoms with Crippen LogP contribution in [0.2, 0.25) is 0 Å². The van der Waals surface area contributed by atoms with Crippen LogP contribution in [-0.2, 0) is 0 Å². The van der Waals surface area contributed by atoms with E-state index in [0.29, 0.717) is 16.5 Å². The maximum Gasteiger partial charge on any atom is 0.393 e. The van der Waals surface area contributed by atoms with Crippen molar-refractivity contribution >= 4 is 22.1 Å². The van der Waals surface area contributed by atoms with Crippen molar-refractivity contribution in [3.8, 4) is 0 Å². The highest BCUT2D eigenvalue weighted by molar-refractivity contribution is 5.99. The summed E-state index contributed by atoms with van der Waals surface area (Å²) in [5.74, 6) is 0. The van der Waals surface area contributed by atoms with Crippen LogP contribution in [0.1, 0.15) is 0 Å². The third-order valence-corrected chi connectivity index (χ3v) is 2.18. The Morgan fingerprint density at radius 2 is 1.75 bits per heavy atom. The Kier molecular flexibility index (Phi) is 3.38. The topological polar surface area (TPSA) is 71.3 Å². The van der Waals surface area contributed by atoms with Gasteiger partial charge in [0.05, 0.1) is 15.7 Å². The first-order valence-corrected chi connectivity index (χ1v) is 4.25. The molecule has 2 rings (SSSR count). The molecule has 2 aromatic carbocycles. The molecule has 0 radical (unpaired) electrons. The lowest BCUT2D eigenvalue weighted by molar-refractivity contribution is -0.383. The number of rotatable bonds is 1. The number of nitro groups is 1. The summed E-state index contributed by atoms with van der Waals surface area (Å²) in [6.45, 7) is 0. The highest BCUT2D eigenvalue weighted by atomic mass is 35.5. The Hall–Kier alpha value is -2.19. The van der Waals surface area contributed by atoms with E-state index in [-0.39, 0.29) is 18.1 Å². The van der Waals surface area contributed by atoms with Gasteiger partial charge in [0.2, 0.25) is 5.39 Å². The van der Waals surface area contributed by atoms with E-state index in [1.54, 1.807) is 24.3 Å². The molecular weight excluding hydrogens is 230 g/mol. The van der Waals surface area contributed by atoms with E-state index in [2.05, 4.69) is 4.98 Å². The highest BCUT2D eigenvalue weighted by Gasteiger charge is 2.19. The van der Waals surface area contributed by atoms with Crippen molar-refractivity contribution in [1.82, 2.24) is 0 Å². The van der Waals surface area contributed by atoms with Crippen molar-refractivity contribution in [2.45, 2.75) is 0 Å². The van der Waals surface area contributed by atoms with Gasteiger partial charge in [-0.2, -0.15) is 0 Å². The zero-order valence-corrected chi connectivity index (χ0v) is 8.76. The molecule has 5 nitrogen and oxygen atoms in total. The Balaban J connectivity index is 0.00000128. The number of nitrogens with zero attached hydrogens (tertiary/aromatic N) is 3. The van der Waals surface area contributed by atoms with Crippen molar-refractivity contribution in [3.05, 3.63) is 51.5 Å². The second-order valence-corrected chi connectivity index (χ2v) is 3.01. The van der Waals surface area contributed by atoms with E-state index in [0.717, 1.165) is 0 Å². The summed E-state index contributed by atoms with van der Waals surface area (Å²) in [5, 5.41) is 20.5. The largest absolute Gasteiger partial charge is 1.00 e. The summed E-state index contributed by atoms with van der Waals surface area (Å²) in [6, 6.07) is 9.49. The molecule has 0 aliphatic heterocycles. The maximum atomic E-state index is 10.7. The third-order valence-electron chi connectivity index (χ3n) is 2.18. The molecule has 0 saturated carbocycles. The standard InChI is InChI=1S/C10H6N3O2.ClH/c11-12-9-5-6-10(13(14)15)8-4-2-1-3-7(8)9;/h1-6H;1H/q+1;/p-1. The molecule has 0 heterocycles. The van der Waals surface area contributed by atoms with Gasteiger partial charge in [-0.05, 0) is 12.1 Å². The molecule has 0 atom stereocenters. The van der Waals surface area contributed by atoms with Crippen LogP contribution in [0, 0.1) is 15.5 Å². The van der Waals surface area contributed by atoms with Gasteiger partial charge in [0.25, 0.3) is 5.69 Å². The molecule has 2 aromatic rings. The minimum atomic E-state index is -0.455. The number of hydrogen-bond acceptors (Lipinski definition) is 3. The Labute approximate surface area is 96.9 Å².